The molecule has 0 amide bonds. The van der Waals surface area contributed by atoms with E-state index in [-0.39, 0.29) is 42.1 Å². The van der Waals surface area contributed by atoms with Gasteiger partial charge in [0.1, 0.15) is 11.9 Å². The van der Waals surface area contributed by atoms with Crippen LogP contribution in [0.4, 0.5) is 0 Å². The zero-order valence-corrected chi connectivity index (χ0v) is 38.7. The van der Waals surface area contributed by atoms with Crippen molar-refractivity contribution in [2.24, 2.45) is 22.9 Å². The minimum Gasteiger partial charge on any atom is -0.425 e. The van der Waals surface area contributed by atoms with Crippen molar-refractivity contribution < 1.29 is 56.6 Å². The Kier molecular flexibility index (Phi) is 99.1. The molecule has 0 fully saturated rings. The van der Waals surface area contributed by atoms with Gasteiger partial charge in [-0.3, -0.25) is 0 Å². The van der Waals surface area contributed by atoms with Crippen molar-refractivity contribution in [2.45, 2.75) is 162 Å². The van der Waals surface area contributed by atoms with Crippen LogP contribution in [0.15, 0.2) is 15.7 Å². The zero-order valence-electron chi connectivity index (χ0n) is 32.9. The molecule has 5 nitrogen and oxygen atoms in total. The van der Waals surface area contributed by atoms with Crippen LogP contribution in [-0.2, 0) is 47.0 Å². The van der Waals surface area contributed by atoms with Gasteiger partial charge < -0.3 is 68.9 Å². The van der Waals surface area contributed by atoms with Gasteiger partial charge in [-0.05, 0) is 31.6 Å². The molecule has 2 atom stereocenters. The van der Waals surface area contributed by atoms with Crippen LogP contribution in [0.5, 0.6) is 0 Å². The first-order valence-corrected chi connectivity index (χ1v) is 16.3. The molecule has 7 heteroatoms. The van der Waals surface area contributed by atoms with Crippen molar-refractivity contribution in [1.82, 2.24) is 5.16 Å². The Hall–Kier alpha value is 0.0166. The van der Waals surface area contributed by atoms with Crippen LogP contribution in [0.1, 0.15) is 154 Å². The van der Waals surface area contributed by atoms with Gasteiger partial charge in [-0.25, -0.2) is 0 Å². The quantitative estimate of drug-likeness (QED) is 0.307. The number of hydrogen-bond donors (Lipinski definition) is 1. The molecule has 274 valence electrons. The smallest absolute Gasteiger partial charge is 0.133 e. The topological polar surface area (TPSA) is 67.9 Å². The summed E-state index contributed by atoms with van der Waals surface area (Å²) in [6.45, 7) is 56.9. The maximum Gasteiger partial charge on any atom is 0.133 e. The summed E-state index contributed by atoms with van der Waals surface area (Å²) in [4.78, 5) is 5.01. The molecule has 1 N–H and O–H groups in total. The average Bonchev–Trinajstić information content (AvgIpc) is 3.59. The predicted molar refractivity (Wildman–Crippen MR) is 195 cm³/mol. The van der Waals surface area contributed by atoms with E-state index in [0.29, 0.717) is 29.8 Å². The molecule has 0 aliphatic carbocycles. The normalized spacial score (nSPS) is 11.8. The molecule has 44 heavy (non-hydrogen) atoms. The molecule has 2 unspecified atom stereocenters. The third-order valence-electron chi connectivity index (χ3n) is 3.52. The zero-order chi connectivity index (χ0) is 35.9. The molecule has 0 aromatic carbocycles. The second-order valence-electron chi connectivity index (χ2n) is 9.29. The Morgan fingerprint density at radius 3 is 1.16 bits per heavy atom. The Balaban J connectivity index is -0.0000000388. The van der Waals surface area contributed by atoms with Crippen molar-refractivity contribution in [3.8, 4) is 0 Å². The van der Waals surface area contributed by atoms with Gasteiger partial charge in [-0.1, -0.05) is 127 Å². The maximum absolute atomic E-state index is 8.52. The number of aliphatic hydroxyl groups excluding tert-OH is 1. The van der Waals surface area contributed by atoms with E-state index >= 15 is 0 Å². The summed E-state index contributed by atoms with van der Waals surface area (Å²) in [7, 11) is 0. The summed E-state index contributed by atoms with van der Waals surface area (Å²) in [5, 5.41) is 16.3. The summed E-state index contributed by atoms with van der Waals surface area (Å²) in [6, 6.07) is 1.96. The SMILES string of the molecule is CC.CC.CC.CC.CC1CC(C(C)C)=NO1.Cc1cc(C(C)C)no1.[CH2-]C(C)C.[CH2-]C(O)C(C)C.[CH2-]C[CH2-].[CH2-]C[CH2-].[W].[W]. The van der Waals surface area contributed by atoms with Crippen LogP contribution in [-0.4, -0.2) is 28.2 Å². The Labute approximate surface area is 309 Å². The van der Waals surface area contributed by atoms with E-state index in [1.54, 1.807) is 0 Å². The summed E-state index contributed by atoms with van der Waals surface area (Å²) in [5.74, 6) is 2.79. The molecule has 1 aromatic heterocycles. The van der Waals surface area contributed by atoms with Gasteiger partial charge in [-0.15, -0.1) is 0 Å². The average molecular weight is 969 g/mol. The first-order valence-electron chi connectivity index (χ1n) is 16.3. The summed E-state index contributed by atoms with van der Waals surface area (Å²) in [5.41, 5.74) is 2.23. The number of nitrogens with zero attached hydrogens (tertiary/aromatic N) is 2. The first-order chi connectivity index (χ1) is 19.6. The van der Waals surface area contributed by atoms with Crippen LogP contribution in [0.3, 0.4) is 0 Å². The van der Waals surface area contributed by atoms with Gasteiger partial charge in [-0.2, -0.15) is 5.92 Å². The molecule has 2 rings (SSSR count). The van der Waals surface area contributed by atoms with E-state index < -0.39 is 6.10 Å². The minimum absolute atomic E-state index is 0. The van der Waals surface area contributed by atoms with Gasteiger partial charge in [0.15, 0.2) is 0 Å². The summed E-state index contributed by atoms with van der Waals surface area (Å²) < 4.78 is 4.88. The molecule has 0 saturated carbocycles. The largest absolute Gasteiger partial charge is 0.425 e. The number of aryl methyl sites for hydroxylation is 1. The number of rotatable bonds is 3. The van der Waals surface area contributed by atoms with Crippen molar-refractivity contribution in [3.63, 3.8) is 0 Å². The van der Waals surface area contributed by atoms with E-state index in [1.807, 2.05) is 89.2 Å². The monoisotopic (exact) mass is 969 g/mol. The summed E-state index contributed by atoms with van der Waals surface area (Å²) in [6.07, 6.45) is 2.42. The Bertz CT molecular complexity index is 550. The van der Waals surface area contributed by atoms with Gasteiger partial charge in [0.2, 0.25) is 0 Å². The standard InChI is InChI=1S/C7H13NO.C7H11NO.C5H11O.C4H9.2C3H6.4C2H6.2W/c2*1-5(2)7-4-6(3)9-8-7;1-4(2)5(3)6;1-4(2)3;2*1-3-2;4*1-2;;/h5-6H,4H2,1-3H3;4-5H,1-3H3;4-6H,3H2,1-2H3;4H,1H2,2-3H3;2*1-3H2;4*1-2H3;;/q;;2*-1;2*-2;;;;;;. The van der Waals surface area contributed by atoms with Crippen LogP contribution in [0, 0.1) is 66.2 Å². The van der Waals surface area contributed by atoms with Crippen molar-refractivity contribution in [3.05, 3.63) is 59.1 Å². The van der Waals surface area contributed by atoms with E-state index in [2.05, 4.69) is 93.4 Å². The Morgan fingerprint density at radius 2 is 1.07 bits per heavy atom. The fourth-order valence-corrected chi connectivity index (χ4v) is 1.53. The summed E-state index contributed by atoms with van der Waals surface area (Å²) >= 11 is 0. The van der Waals surface area contributed by atoms with Gasteiger partial charge in [0.25, 0.3) is 0 Å². The fourth-order valence-electron chi connectivity index (χ4n) is 1.53. The molecular weight excluding hydrogens is 888 g/mol. The molecular formula is C37H80N2O3W2-6. The number of aliphatic hydroxyl groups is 1. The van der Waals surface area contributed by atoms with Crippen molar-refractivity contribution >= 4 is 5.71 Å². The molecule has 1 aliphatic rings. The second kappa shape index (κ2) is 61.9. The fraction of sp³-hybridized carbons (Fsp3) is 0.730. The third kappa shape index (κ3) is 78.5. The molecule has 0 saturated heterocycles. The predicted octanol–water partition coefficient (Wildman–Crippen LogP) is 12.4. The number of aromatic nitrogens is 1. The molecule has 0 spiro atoms. The van der Waals surface area contributed by atoms with Crippen LogP contribution < -0.4 is 0 Å². The number of oxime groups is 1. The van der Waals surface area contributed by atoms with Crippen LogP contribution >= 0.6 is 0 Å². The molecule has 0 radical (unpaired) electrons. The van der Waals surface area contributed by atoms with E-state index in [9.17, 15) is 0 Å². The van der Waals surface area contributed by atoms with E-state index in [0.717, 1.165) is 30.7 Å². The molecule has 1 aromatic rings. The first kappa shape index (κ1) is 70.4. The van der Waals surface area contributed by atoms with Crippen molar-refractivity contribution in [1.29, 1.82) is 0 Å². The Morgan fingerprint density at radius 1 is 0.773 bits per heavy atom. The molecule has 1 aliphatic heterocycles. The van der Waals surface area contributed by atoms with Gasteiger partial charge in [0, 0.05) is 54.6 Å². The van der Waals surface area contributed by atoms with Crippen LogP contribution in [0.2, 0.25) is 0 Å². The molecule has 2 heterocycles. The van der Waals surface area contributed by atoms with Gasteiger partial charge >= 0.3 is 0 Å². The second-order valence-corrected chi connectivity index (χ2v) is 9.29. The van der Waals surface area contributed by atoms with Crippen molar-refractivity contribution in [2.75, 3.05) is 0 Å². The number of hydrogen-bond acceptors (Lipinski definition) is 5. The van der Waals surface area contributed by atoms with Gasteiger partial charge in [0.05, 0.1) is 11.4 Å². The van der Waals surface area contributed by atoms with E-state index in [4.69, 9.17) is 14.5 Å². The third-order valence-corrected chi connectivity index (χ3v) is 3.52. The minimum atomic E-state index is -0.398. The van der Waals surface area contributed by atoms with E-state index in [1.165, 1.54) is 5.71 Å². The van der Waals surface area contributed by atoms with Crippen LogP contribution in [0.25, 0.3) is 0 Å². The maximum atomic E-state index is 8.52. The molecule has 0 bridgehead atoms.